The molecule has 3 heterocycles. The molecule has 5 rings (SSSR count). The molecule has 0 N–H and O–H groups in total. The summed E-state index contributed by atoms with van der Waals surface area (Å²) in [6.45, 7) is 8.26. The molecule has 0 aliphatic carbocycles. The van der Waals surface area contributed by atoms with E-state index in [1.165, 1.54) is 27.2 Å². The van der Waals surface area contributed by atoms with Gasteiger partial charge < -0.3 is 14.5 Å². The van der Waals surface area contributed by atoms with Crippen molar-refractivity contribution in [3.63, 3.8) is 0 Å². The lowest BCUT2D eigenvalue weighted by molar-refractivity contribution is -0.384. The van der Waals surface area contributed by atoms with Gasteiger partial charge in [-0.25, -0.2) is 13.1 Å². The number of ether oxygens (including phenoxy) is 1. The van der Waals surface area contributed by atoms with Gasteiger partial charge in [-0.15, -0.1) is 0 Å². The largest absolute Gasteiger partial charge is 0.378 e. The minimum absolute atomic E-state index is 0.0511. The van der Waals surface area contributed by atoms with Gasteiger partial charge in [0.25, 0.3) is 17.2 Å². The van der Waals surface area contributed by atoms with E-state index in [4.69, 9.17) is 4.74 Å². The van der Waals surface area contributed by atoms with Crippen molar-refractivity contribution in [2.75, 3.05) is 57.4 Å². The van der Waals surface area contributed by atoms with Gasteiger partial charge in [-0.05, 0) is 49.2 Å². The molecule has 0 radical (unpaired) electrons. The SMILES string of the molecule is Cc1c(C(C)C)c(=O)n(-c2ccc(S(=O)(=O)N3CCN(c4ccc(C(=O)N5CCOCC5)cc4[N+](=O)[O-])CC3)cc2)n1C. The lowest BCUT2D eigenvalue weighted by Crippen LogP contribution is -2.48. The van der Waals surface area contributed by atoms with Crippen LogP contribution in [0.2, 0.25) is 0 Å². The van der Waals surface area contributed by atoms with E-state index in [1.807, 2.05) is 20.8 Å². The maximum absolute atomic E-state index is 13.5. The van der Waals surface area contributed by atoms with E-state index in [0.29, 0.717) is 37.7 Å². The van der Waals surface area contributed by atoms with Gasteiger partial charge in [0.05, 0.1) is 28.7 Å². The normalized spacial score (nSPS) is 16.6. The van der Waals surface area contributed by atoms with Crippen LogP contribution >= 0.6 is 0 Å². The van der Waals surface area contributed by atoms with Gasteiger partial charge in [-0.2, -0.15) is 4.31 Å². The highest BCUT2D eigenvalue weighted by Crippen LogP contribution is 2.31. The van der Waals surface area contributed by atoms with Crippen LogP contribution in [0.15, 0.2) is 52.2 Å². The van der Waals surface area contributed by atoms with Crippen molar-refractivity contribution in [3.05, 3.63) is 79.8 Å². The molecule has 0 bridgehead atoms. The van der Waals surface area contributed by atoms with E-state index in [-0.39, 0.29) is 59.7 Å². The van der Waals surface area contributed by atoms with E-state index in [1.54, 1.807) is 45.8 Å². The average Bonchev–Trinajstić information content (AvgIpc) is 3.24. The number of nitrogens with zero attached hydrogens (tertiary/aromatic N) is 6. The Hall–Kier alpha value is -4.01. The second-order valence-corrected chi connectivity index (χ2v) is 13.0. The topological polar surface area (TPSA) is 140 Å². The molecule has 2 aliphatic heterocycles. The monoisotopic (exact) mass is 612 g/mol. The Bertz CT molecular complexity index is 1700. The molecule has 3 aromatic rings. The van der Waals surface area contributed by atoms with Crippen LogP contribution in [-0.2, 0) is 21.8 Å². The van der Waals surface area contributed by atoms with Crippen LogP contribution in [0, 0.1) is 17.0 Å². The standard InChI is InChI=1S/C29H36N6O7S/c1-20(2)27-21(3)30(4)34(29(27)37)23-6-8-24(9-7-23)43(40,41)33-13-11-31(12-14-33)25-10-5-22(19-26(25)35(38)39)28(36)32-15-17-42-18-16-32/h5-10,19-20H,11-18H2,1-4H3. The van der Waals surface area contributed by atoms with Crippen LogP contribution in [0.25, 0.3) is 5.69 Å². The first-order valence-corrected chi connectivity index (χ1v) is 15.6. The molecule has 2 fully saturated rings. The van der Waals surface area contributed by atoms with E-state index >= 15 is 0 Å². The second kappa shape index (κ2) is 11.9. The smallest absolute Gasteiger partial charge is 0.293 e. The summed E-state index contributed by atoms with van der Waals surface area (Å²) in [5, 5.41) is 12.0. The van der Waals surface area contributed by atoms with Crippen LogP contribution in [-0.4, -0.2) is 90.3 Å². The van der Waals surface area contributed by atoms with Gasteiger partial charge in [-0.1, -0.05) is 13.8 Å². The Labute approximate surface area is 250 Å². The highest BCUT2D eigenvalue weighted by atomic mass is 32.2. The predicted molar refractivity (Wildman–Crippen MR) is 161 cm³/mol. The van der Waals surface area contributed by atoms with Crippen LogP contribution < -0.4 is 10.5 Å². The molecular formula is C29H36N6O7S. The Balaban J connectivity index is 1.31. The number of rotatable bonds is 7. The average molecular weight is 613 g/mol. The number of sulfonamides is 1. The van der Waals surface area contributed by atoms with Crippen molar-refractivity contribution in [2.24, 2.45) is 7.05 Å². The van der Waals surface area contributed by atoms with Crippen LogP contribution in [0.3, 0.4) is 0 Å². The molecule has 13 nitrogen and oxygen atoms in total. The van der Waals surface area contributed by atoms with E-state index in [9.17, 15) is 28.1 Å². The zero-order valence-electron chi connectivity index (χ0n) is 24.7. The van der Waals surface area contributed by atoms with Gasteiger partial charge in [-0.3, -0.25) is 24.4 Å². The molecule has 2 aromatic carbocycles. The number of carbonyl (C=O) groups is 1. The number of aromatic nitrogens is 2. The molecule has 43 heavy (non-hydrogen) atoms. The van der Waals surface area contributed by atoms with Crippen LogP contribution in [0.4, 0.5) is 11.4 Å². The molecule has 0 saturated carbocycles. The summed E-state index contributed by atoms with van der Waals surface area (Å²) < 4.78 is 36.9. The lowest BCUT2D eigenvalue weighted by Gasteiger charge is -2.35. The van der Waals surface area contributed by atoms with Gasteiger partial charge >= 0.3 is 0 Å². The molecule has 14 heteroatoms. The first-order valence-electron chi connectivity index (χ1n) is 14.2. The highest BCUT2D eigenvalue weighted by molar-refractivity contribution is 7.89. The molecule has 2 saturated heterocycles. The van der Waals surface area contributed by atoms with Crippen molar-refractivity contribution >= 4 is 27.3 Å². The van der Waals surface area contributed by atoms with E-state index < -0.39 is 14.9 Å². The molecule has 0 atom stereocenters. The van der Waals surface area contributed by atoms with Crippen molar-refractivity contribution in [1.82, 2.24) is 18.6 Å². The number of nitro groups is 1. The minimum Gasteiger partial charge on any atom is -0.378 e. The third kappa shape index (κ3) is 5.69. The maximum atomic E-state index is 13.5. The molecular weight excluding hydrogens is 576 g/mol. The van der Waals surface area contributed by atoms with E-state index in [2.05, 4.69) is 0 Å². The molecule has 2 aliphatic rings. The molecule has 230 valence electrons. The third-order valence-corrected chi connectivity index (χ3v) is 10.1. The molecule has 1 amide bonds. The summed E-state index contributed by atoms with van der Waals surface area (Å²) in [4.78, 5) is 40.9. The molecule has 0 unspecified atom stereocenters. The number of anilines is 1. The number of hydrogen-bond donors (Lipinski definition) is 0. The zero-order chi connectivity index (χ0) is 31.1. The van der Waals surface area contributed by atoms with Crippen molar-refractivity contribution in [1.29, 1.82) is 0 Å². The van der Waals surface area contributed by atoms with Crippen molar-refractivity contribution in [2.45, 2.75) is 31.6 Å². The fourth-order valence-electron chi connectivity index (χ4n) is 5.78. The summed E-state index contributed by atoms with van der Waals surface area (Å²) >= 11 is 0. The van der Waals surface area contributed by atoms with Crippen molar-refractivity contribution < 1.29 is 22.9 Å². The highest BCUT2D eigenvalue weighted by Gasteiger charge is 2.32. The number of piperazine rings is 1. The molecule has 1 aromatic heterocycles. The Morgan fingerprint density at radius 3 is 2.16 bits per heavy atom. The molecule has 0 spiro atoms. The number of benzene rings is 2. The second-order valence-electron chi connectivity index (χ2n) is 11.0. The minimum atomic E-state index is -3.84. The number of amides is 1. The number of hydrogen-bond acceptors (Lipinski definition) is 8. The number of morpholine rings is 1. The van der Waals surface area contributed by atoms with Gasteiger partial charge in [0.2, 0.25) is 10.0 Å². The summed E-state index contributed by atoms with van der Waals surface area (Å²) in [6.07, 6.45) is 0. The number of nitro benzene ring substituents is 1. The first kappa shape index (κ1) is 30.4. The summed E-state index contributed by atoms with van der Waals surface area (Å²) in [5.74, 6) is -0.234. The van der Waals surface area contributed by atoms with Gasteiger partial charge in [0.15, 0.2) is 0 Å². The maximum Gasteiger partial charge on any atom is 0.293 e. The first-order chi connectivity index (χ1) is 20.4. The van der Waals surface area contributed by atoms with Gasteiger partial charge in [0.1, 0.15) is 5.69 Å². The van der Waals surface area contributed by atoms with Gasteiger partial charge in [0, 0.05) is 69.2 Å². The summed E-state index contributed by atoms with van der Waals surface area (Å²) in [7, 11) is -2.04. The summed E-state index contributed by atoms with van der Waals surface area (Å²) in [6, 6.07) is 10.7. The fraction of sp³-hybridized carbons (Fsp3) is 0.448. The lowest BCUT2D eigenvalue weighted by atomic mass is 10.0. The number of carbonyl (C=O) groups excluding carboxylic acids is 1. The Morgan fingerprint density at radius 1 is 0.977 bits per heavy atom. The third-order valence-electron chi connectivity index (χ3n) is 8.19. The Kier molecular flexibility index (Phi) is 8.45. The van der Waals surface area contributed by atoms with Crippen LogP contribution in [0.1, 0.15) is 41.4 Å². The predicted octanol–water partition coefficient (Wildman–Crippen LogP) is 2.50. The van der Waals surface area contributed by atoms with E-state index in [0.717, 1.165) is 11.3 Å². The van der Waals surface area contributed by atoms with Crippen LogP contribution in [0.5, 0.6) is 0 Å². The van der Waals surface area contributed by atoms with Crippen molar-refractivity contribution in [3.8, 4) is 5.69 Å². The fourth-order valence-corrected chi connectivity index (χ4v) is 7.20. The Morgan fingerprint density at radius 2 is 1.60 bits per heavy atom. The zero-order valence-corrected chi connectivity index (χ0v) is 25.5. The summed E-state index contributed by atoms with van der Waals surface area (Å²) in [5.41, 5.74) is 2.38. The quantitative estimate of drug-likeness (QED) is 0.293.